The average Bonchev–Trinajstić information content (AvgIpc) is 3.02. The number of hydrogen-bond donors (Lipinski definition) is 1. The largest absolute Gasteiger partial charge is 0.465 e. The number of rotatable bonds is 2. The first kappa shape index (κ1) is 16.1. The molecule has 0 unspecified atom stereocenters. The molecule has 124 valence electrons. The summed E-state index contributed by atoms with van der Waals surface area (Å²) in [6.07, 6.45) is -5.72. The van der Waals surface area contributed by atoms with Crippen molar-refractivity contribution in [2.24, 2.45) is 0 Å². The summed E-state index contributed by atoms with van der Waals surface area (Å²) in [6, 6.07) is 3.37. The van der Waals surface area contributed by atoms with Gasteiger partial charge in [-0.3, -0.25) is 4.68 Å². The summed E-state index contributed by atoms with van der Waals surface area (Å²) in [4.78, 5) is 12.9. The number of nitrogens with zero attached hydrogens (tertiary/aromatic N) is 3. The normalized spacial score (nSPS) is 14.9. The second kappa shape index (κ2) is 5.72. The predicted molar refractivity (Wildman–Crippen MR) is 77.8 cm³/mol. The Kier molecular flexibility index (Phi) is 4.01. The van der Waals surface area contributed by atoms with Crippen LogP contribution in [0, 0.1) is 0 Å². The van der Waals surface area contributed by atoms with Gasteiger partial charge in [0.1, 0.15) is 0 Å². The lowest BCUT2D eigenvalue weighted by molar-refractivity contribution is -0.142. The van der Waals surface area contributed by atoms with Crippen LogP contribution in [0.1, 0.15) is 21.8 Å². The lowest BCUT2D eigenvalue weighted by atomic mass is 10.0. The maximum absolute atomic E-state index is 13.2. The van der Waals surface area contributed by atoms with Crippen LogP contribution >= 0.6 is 22.9 Å². The molecule has 0 saturated heterocycles. The Morgan fingerprint density at radius 1 is 1.43 bits per heavy atom. The van der Waals surface area contributed by atoms with E-state index in [4.69, 9.17) is 16.7 Å². The Hall–Kier alpha value is -1.74. The Bertz CT molecular complexity index is 756. The molecule has 1 N–H and O–H groups in total. The highest BCUT2D eigenvalue weighted by Crippen LogP contribution is 2.35. The third-order valence-electron chi connectivity index (χ3n) is 3.61. The van der Waals surface area contributed by atoms with Crippen molar-refractivity contribution in [3.63, 3.8) is 0 Å². The van der Waals surface area contributed by atoms with Crippen LogP contribution in [0.4, 0.5) is 18.0 Å². The molecule has 1 amide bonds. The molecule has 0 bridgehead atoms. The molecule has 2 aromatic rings. The predicted octanol–water partition coefficient (Wildman–Crippen LogP) is 3.70. The number of aromatic nitrogens is 2. The topological polar surface area (TPSA) is 58.4 Å². The molecule has 10 heteroatoms. The van der Waals surface area contributed by atoms with E-state index in [-0.39, 0.29) is 37.3 Å². The minimum absolute atomic E-state index is 0.00166. The summed E-state index contributed by atoms with van der Waals surface area (Å²) in [5.74, 6) is 0. The molecule has 0 aliphatic carbocycles. The lowest BCUT2D eigenvalue weighted by Crippen LogP contribution is -2.36. The second-order valence-electron chi connectivity index (χ2n) is 5.09. The molecule has 1 aliphatic heterocycles. The Labute approximate surface area is 137 Å². The van der Waals surface area contributed by atoms with E-state index in [1.165, 1.54) is 16.0 Å². The third-order valence-corrected chi connectivity index (χ3v) is 4.83. The van der Waals surface area contributed by atoms with Crippen molar-refractivity contribution in [1.82, 2.24) is 14.7 Å². The van der Waals surface area contributed by atoms with Crippen LogP contribution in [0.2, 0.25) is 4.34 Å². The van der Waals surface area contributed by atoms with Crippen molar-refractivity contribution in [1.29, 1.82) is 0 Å². The number of alkyl halides is 3. The van der Waals surface area contributed by atoms with E-state index in [9.17, 15) is 18.0 Å². The van der Waals surface area contributed by atoms with Gasteiger partial charge in [-0.05, 0) is 18.6 Å². The number of halogens is 4. The molecule has 5 nitrogen and oxygen atoms in total. The van der Waals surface area contributed by atoms with Crippen molar-refractivity contribution >= 4 is 29.0 Å². The first-order valence-corrected chi connectivity index (χ1v) is 7.83. The summed E-state index contributed by atoms with van der Waals surface area (Å²) in [7, 11) is 0. The minimum Gasteiger partial charge on any atom is -0.465 e. The van der Waals surface area contributed by atoms with Crippen molar-refractivity contribution in [2.45, 2.75) is 25.7 Å². The monoisotopic (exact) mass is 365 g/mol. The zero-order valence-corrected chi connectivity index (χ0v) is 13.2. The van der Waals surface area contributed by atoms with Crippen LogP contribution in [0.5, 0.6) is 0 Å². The molecule has 0 spiro atoms. The fourth-order valence-electron chi connectivity index (χ4n) is 2.59. The van der Waals surface area contributed by atoms with Gasteiger partial charge in [0.25, 0.3) is 0 Å². The second-order valence-corrected chi connectivity index (χ2v) is 6.89. The van der Waals surface area contributed by atoms with Gasteiger partial charge in [0.2, 0.25) is 0 Å². The van der Waals surface area contributed by atoms with Crippen molar-refractivity contribution in [3.8, 4) is 0 Å². The van der Waals surface area contributed by atoms with Gasteiger partial charge in [-0.2, -0.15) is 18.3 Å². The highest BCUT2D eigenvalue weighted by Gasteiger charge is 2.40. The SMILES string of the molecule is O=C(O)N1CCc2c(C(F)(F)F)nn(Cc3ccc(Cl)s3)c2C1. The molecular formula is C13H11ClF3N3O2S. The number of amides is 1. The molecule has 0 atom stereocenters. The van der Waals surface area contributed by atoms with Gasteiger partial charge in [0, 0.05) is 17.0 Å². The van der Waals surface area contributed by atoms with E-state index in [1.54, 1.807) is 12.1 Å². The van der Waals surface area contributed by atoms with E-state index in [1.807, 2.05) is 0 Å². The van der Waals surface area contributed by atoms with E-state index in [0.717, 1.165) is 9.78 Å². The molecule has 3 heterocycles. The van der Waals surface area contributed by atoms with Crippen molar-refractivity contribution < 1.29 is 23.1 Å². The van der Waals surface area contributed by atoms with Gasteiger partial charge in [0.15, 0.2) is 5.69 Å². The van der Waals surface area contributed by atoms with Gasteiger partial charge < -0.3 is 10.0 Å². The molecule has 0 saturated carbocycles. The van der Waals surface area contributed by atoms with Crippen LogP contribution in [-0.4, -0.2) is 32.4 Å². The zero-order chi connectivity index (χ0) is 16.8. The summed E-state index contributed by atoms with van der Waals surface area (Å²) in [5.41, 5.74) is -0.562. The van der Waals surface area contributed by atoms with Gasteiger partial charge in [-0.15, -0.1) is 11.3 Å². The van der Waals surface area contributed by atoms with E-state index in [0.29, 0.717) is 4.34 Å². The third kappa shape index (κ3) is 3.16. The zero-order valence-electron chi connectivity index (χ0n) is 11.6. The lowest BCUT2D eigenvalue weighted by Gasteiger charge is -2.25. The molecule has 1 aliphatic rings. The quantitative estimate of drug-likeness (QED) is 0.882. The van der Waals surface area contributed by atoms with Crippen LogP contribution in [0.25, 0.3) is 0 Å². The van der Waals surface area contributed by atoms with Gasteiger partial charge in [-0.1, -0.05) is 11.6 Å². The van der Waals surface area contributed by atoms with Crippen molar-refractivity contribution in [3.05, 3.63) is 38.3 Å². The fourth-order valence-corrected chi connectivity index (χ4v) is 3.66. The first-order valence-electron chi connectivity index (χ1n) is 6.63. The smallest absolute Gasteiger partial charge is 0.435 e. The number of thiophene rings is 1. The number of carboxylic acid groups (broad SMARTS) is 1. The maximum atomic E-state index is 13.2. The Balaban J connectivity index is 2.01. The van der Waals surface area contributed by atoms with Gasteiger partial charge >= 0.3 is 12.3 Å². The number of hydrogen-bond acceptors (Lipinski definition) is 3. The van der Waals surface area contributed by atoms with Crippen LogP contribution in [-0.2, 0) is 25.7 Å². The molecule has 0 aromatic carbocycles. The number of fused-ring (bicyclic) bond motifs is 1. The van der Waals surface area contributed by atoms with E-state index in [2.05, 4.69) is 5.10 Å². The van der Waals surface area contributed by atoms with Crippen molar-refractivity contribution in [2.75, 3.05) is 6.54 Å². The van der Waals surface area contributed by atoms with E-state index < -0.39 is 18.0 Å². The maximum Gasteiger partial charge on any atom is 0.435 e. The highest BCUT2D eigenvalue weighted by molar-refractivity contribution is 7.16. The molecular weight excluding hydrogens is 355 g/mol. The molecule has 2 aromatic heterocycles. The molecule has 23 heavy (non-hydrogen) atoms. The van der Waals surface area contributed by atoms with Gasteiger partial charge in [-0.25, -0.2) is 4.79 Å². The number of carbonyl (C=O) groups is 1. The van der Waals surface area contributed by atoms with E-state index >= 15 is 0 Å². The van der Waals surface area contributed by atoms with Gasteiger partial charge in [0.05, 0.1) is 23.1 Å². The molecule has 3 rings (SSSR count). The molecule has 0 fully saturated rings. The molecule has 0 radical (unpaired) electrons. The van der Waals surface area contributed by atoms with Crippen LogP contribution < -0.4 is 0 Å². The minimum atomic E-state index is -4.56. The Morgan fingerprint density at radius 2 is 2.17 bits per heavy atom. The average molecular weight is 366 g/mol. The van der Waals surface area contributed by atoms with Crippen LogP contribution in [0.15, 0.2) is 12.1 Å². The standard InChI is InChI=1S/C13H11ClF3N3O2S/c14-10-2-1-7(23-10)5-20-9-6-19(12(21)22)4-3-8(9)11(18-20)13(15,16)17/h1-2H,3-6H2,(H,21,22). The Morgan fingerprint density at radius 3 is 2.74 bits per heavy atom. The van der Waals surface area contributed by atoms with Crippen LogP contribution in [0.3, 0.4) is 0 Å². The highest BCUT2D eigenvalue weighted by atomic mass is 35.5. The summed E-state index contributed by atoms with van der Waals surface area (Å²) < 4.78 is 41.3. The first-order chi connectivity index (χ1) is 10.8. The summed E-state index contributed by atoms with van der Waals surface area (Å²) >= 11 is 7.09. The summed E-state index contributed by atoms with van der Waals surface area (Å²) in [6.45, 7) is 0.0536. The fraction of sp³-hybridized carbons (Fsp3) is 0.385. The summed E-state index contributed by atoms with van der Waals surface area (Å²) in [5, 5.41) is 12.8.